The second kappa shape index (κ2) is 6.53. The van der Waals surface area contributed by atoms with Gasteiger partial charge in [-0.3, -0.25) is 9.59 Å². The molecule has 1 aliphatic rings. The molecule has 0 bridgehead atoms. The number of carbonyl (C=O) groups excluding carboxylic acids is 2. The predicted molar refractivity (Wildman–Crippen MR) is 82.3 cm³/mol. The van der Waals surface area contributed by atoms with Gasteiger partial charge in [0.1, 0.15) is 0 Å². The molecule has 0 radical (unpaired) electrons. The lowest BCUT2D eigenvalue weighted by Crippen LogP contribution is -2.35. The number of benzene rings is 1. The Bertz CT molecular complexity index is 766. The molecule has 2 heterocycles. The average Bonchev–Trinajstić information content (AvgIpc) is 3.02. The van der Waals surface area contributed by atoms with Crippen LogP contribution in [0.25, 0.3) is 0 Å². The summed E-state index contributed by atoms with van der Waals surface area (Å²) in [6.45, 7) is 0.364. The first kappa shape index (κ1) is 15.1. The second-order valence-electron chi connectivity index (χ2n) is 4.67. The zero-order valence-corrected chi connectivity index (χ0v) is 12.6. The fraction of sp³-hybridized carbons (Fsp3) is 0.133. The molecule has 1 aromatic heterocycles. The molecule has 0 fully saturated rings. The van der Waals surface area contributed by atoms with E-state index in [-0.39, 0.29) is 24.2 Å². The minimum atomic E-state index is -0.819. The van der Waals surface area contributed by atoms with Gasteiger partial charge in [0.25, 0.3) is 0 Å². The number of amides is 2. The molecular formula is C15H12ClN3O4. The largest absolute Gasteiger partial charge is 0.454 e. The van der Waals surface area contributed by atoms with Gasteiger partial charge in [-0.2, -0.15) is 0 Å². The summed E-state index contributed by atoms with van der Waals surface area (Å²) >= 11 is 5.82. The van der Waals surface area contributed by atoms with Gasteiger partial charge in [0.2, 0.25) is 6.79 Å². The lowest BCUT2D eigenvalue weighted by molar-refractivity contribution is -0.136. The highest BCUT2D eigenvalue weighted by atomic mass is 35.5. The van der Waals surface area contributed by atoms with E-state index in [1.807, 2.05) is 0 Å². The Morgan fingerprint density at radius 2 is 2.00 bits per heavy atom. The van der Waals surface area contributed by atoms with Crippen molar-refractivity contribution in [1.82, 2.24) is 10.3 Å². The molecule has 1 aliphatic heterocycles. The van der Waals surface area contributed by atoms with Gasteiger partial charge < -0.3 is 20.1 Å². The first-order chi connectivity index (χ1) is 11.1. The zero-order valence-electron chi connectivity index (χ0n) is 11.8. The Kier molecular flexibility index (Phi) is 4.29. The monoisotopic (exact) mass is 333 g/mol. The zero-order chi connectivity index (χ0) is 16.2. The van der Waals surface area contributed by atoms with Crippen LogP contribution in [-0.2, 0) is 16.1 Å². The van der Waals surface area contributed by atoms with Crippen LogP contribution in [-0.4, -0.2) is 23.6 Å². The van der Waals surface area contributed by atoms with Gasteiger partial charge in [-0.25, -0.2) is 4.98 Å². The molecule has 0 unspecified atom stereocenters. The third kappa shape index (κ3) is 3.51. The highest BCUT2D eigenvalue weighted by Gasteiger charge is 2.16. The van der Waals surface area contributed by atoms with Crippen LogP contribution in [0, 0.1) is 0 Å². The number of hydrogen-bond acceptors (Lipinski definition) is 5. The molecule has 2 N–H and O–H groups in total. The van der Waals surface area contributed by atoms with E-state index in [1.54, 1.807) is 30.3 Å². The molecule has 7 nitrogen and oxygen atoms in total. The summed E-state index contributed by atoms with van der Waals surface area (Å²) in [5.74, 6) is -0.324. The van der Waals surface area contributed by atoms with E-state index < -0.39 is 11.8 Å². The van der Waals surface area contributed by atoms with E-state index in [4.69, 9.17) is 21.1 Å². The smallest absolute Gasteiger partial charge is 0.313 e. The summed E-state index contributed by atoms with van der Waals surface area (Å²) in [4.78, 5) is 27.5. The van der Waals surface area contributed by atoms with E-state index in [1.165, 1.54) is 6.20 Å². The number of fused-ring (bicyclic) bond motifs is 1. The fourth-order valence-electron chi connectivity index (χ4n) is 1.97. The maximum Gasteiger partial charge on any atom is 0.313 e. The Hall–Kier alpha value is -2.80. The standard InChI is InChI=1S/C15H12ClN3O4/c16-13-10(2-1-5-17-13)19-15(21)14(20)18-7-9-3-4-11-12(6-9)23-8-22-11/h1-6H,7-8H2,(H,18,20)(H,19,21). The average molecular weight is 334 g/mol. The van der Waals surface area contributed by atoms with Crippen molar-refractivity contribution in [3.05, 3.63) is 47.2 Å². The molecule has 0 saturated heterocycles. The Morgan fingerprint density at radius 1 is 1.17 bits per heavy atom. The van der Waals surface area contributed by atoms with Crippen molar-refractivity contribution in [2.75, 3.05) is 12.1 Å². The molecule has 0 spiro atoms. The highest BCUT2D eigenvalue weighted by molar-refractivity contribution is 6.41. The predicted octanol–water partition coefficient (Wildman–Crippen LogP) is 1.72. The normalized spacial score (nSPS) is 11.9. The number of rotatable bonds is 3. The first-order valence-corrected chi connectivity index (χ1v) is 7.09. The lowest BCUT2D eigenvalue weighted by atomic mass is 10.2. The lowest BCUT2D eigenvalue weighted by Gasteiger charge is -2.07. The topological polar surface area (TPSA) is 89.5 Å². The second-order valence-corrected chi connectivity index (χ2v) is 5.02. The molecule has 3 rings (SSSR count). The van der Waals surface area contributed by atoms with Crippen molar-refractivity contribution in [2.24, 2.45) is 0 Å². The molecule has 0 atom stereocenters. The Morgan fingerprint density at radius 3 is 2.83 bits per heavy atom. The summed E-state index contributed by atoms with van der Waals surface area (Å²) in [6, 6.07) is 8.44. The van der Waals surface area contributed by atoms with Crippen LogP contribution < -0.4 is 20.1 Å². The van der Waals surface area contributed by atoms with Crippen LogP contribution in [0.15, 0.2) is 36.5 Å². The molecule has 118 valence electrons. The third-order valence-corrected chi connectivity index (χ3v) is 3.40. The minimum Gasteiger partial charge on any atom is -0.454 e. The summed E-state index contributed by atoms with van der Waals surface area (Å²) in [5, 5.41) is 5.03. The number of anilines is 1. The molecule has 2 amide bonds. The van der Waals surface area contributed by atoms with Gasteiger partial charge in [0.15, 0.2) is 16.7 Å². The summed E-state index contributed by atoms with van der Waals surface area (Å²) in [6.07, 6.45) is 1.48. The van der Waals surface area contributed by atoms with Crippen molar-refractivity contribution in [3.8, 4) is 11.5 Å². The van der Waals surface area contributed by atoms with Crippen LogP contribution in [0.3, 0.4) is 0 Å². The molecular weight excluding hydrogens is 322 g/mol. The van der Waals surface area contributed by atoms with Gasteiger partial charge in [-0.15, -0.1) is 0 Å². The number of aromatic nitrogens is 1. The molecule has 2 aromatic rings. The number of nitrogens with one attached hydrogen (secondary N) is 2. The van der Waals surface area contributed by atoms with E-state index >= 15 is 0 Å². The molecule has 1 aromatic carbocycles. The highest BCUT2D eigenvalue weighted by Crippen LogP contribution is 2.32. The molecule has 0 saturated carbocycles. The summed E-state index contributed by atoms with van der Waals surface area (Å²) < 4.78 is 10.5. The van der Waals surface area contributed by atoms with Crippen molar-refractivity contribution in [1.29, 1.82) is 0 Å². The van der Waals surface area contributed by atoms with Crippen LogP contribution in [0.1, 0.15) is 5.56 Å². The van der Waals surface area contributed by atoms with Gasteiger partial charge in [-0.1, -0.05) is 17.7 Å². The van der Waals surface area contributed by atoms with E-state index in [9.17, 15) is 9.59 Å². The van der Waals surface area contributed by atoms with E-state index in [0.29, 0.717) is 11.5 Å². The molecule has 23 heavy (non-hydrogen) atoms. The Labute approximate surface area is 136 Å². The van der Waals surface area contributed by atoms with Crippen molar-refractivity contribution in [2.45, 2.75) is 6.54 Å². The van der Waals surface area contributed by atoms with Crippen LogP contribution in [0.4, 0.5) is 5.69 Å². The van der Waals surface area contributed by atoms with Crippen molar-refractivity contribution in [3.63, 3.8) is 0 Å². The van der Waals surface area contributed by atoms with Crippen LogP contribution in [0.2, 0.25) is 5.15 Å². The number of carbonyl (C=O) groups is 2. The maximum absolute atomic E-state index is 11.8. The number of pyridine rings is 1. The van der Waals surface area contributed by atoms with Crippen molar-refractivity contribution >= 4 is 29.1 Å². The Balaban J connectivity index is 1.57. The molecule has 0 aliphatic carbocycles. The minimum absolute atomic E-state index is 0.115. The van der Waals surface area contributed by atoms with Gasteiger partial charge in [0.05, 0.1) is 5.69 Å². The first-order valence-electron chi connectivity index (χ1n) is 6.72. The van der Waals surface area contributed by atoms with Gasteiger partial charge in [0, 0.05) is 12.7 Å². The summed E-state index contributed by atoms with van der Waals surface area (Å²) in [7, 11) is 0. The number of hydrogen-bond donors (Lipinski definition) is 2. The SMILES string of the molecule is O=C(NCc1ccc2c(c1)OCO2)C(=O)Nc1cccnc1Cl. The van der Waals surface area contributed by atoms with Crippen molar-refractivity contribution < 1.29 is 19.1 Å². The van der Waals surface area contributed by atoms with E-state index in [0.717, 1.165) is 5.56 Å². The van der Waals surface area contributed by atoms with Gasteiger partial charge >= 0.3 is 11.8 Å². The number of nitrogens with zero attached hydrogens (tertiary/aromatic N) is 1. The third-order valence-electron chi connectivity index (χ3n) is 3.10. The fourth-order valence-corrected chi connectivity index (χ4v) is 2.14. The molecule has 8 heteroatoms. The van der Waals surface area contributed by atoms with Crippen LogP contribution >= 0.6 is 11.6 Å². The number of ether oxygens (including phenoxy) is 2. The quantitative estimate of drug-likeness (QED) is 0.659. The number of halogens is 1. The summed E-state index contributed by atoms with van der Waals surface area (Å²) in [5.41, 5.74) is 1.06. The van der Waals surface area contributed by atoms with Gasteiger partial charge in [-0.05, 0) is 29.8 Å². The maximum atomic E-state index is 11.8. The van der Waals surface area contributed by atoms with Crippen LogP contribution in [0.5, 0.6) is 11.5 Å². The van der Waals surface area contributed by atoms with E-state index in [2.05, 4.69) is 15.6 Å².